The summed E-state index contributed by atoms with van der Waals surface area (Å²) in [4.78, 5) is 25.9. The average Bonchev–Trinajstić information content (AvgIpc) is 2.95. The molecule has 3 heterocycles. The van der Waals surface area contributed by atoms with Gasteiger partial charge in [-0.05, 0) is 46.9 Å². The summed E-state index contributed by atoms with van der Waals surface area (Å²) in [5, 5.41) is 0. The molecule has 4 rings (SSSR count). The van der Waals surface area contributed by atoms with Crippen LogP contribution in [-0.2, 0) is 17.8 Å². The Morgan fingerprint density at radius 1 is 0.935 bits per heavy atom. The predicted molar refractivity (Wildman–Crippen MR) is 123 cm³/mol. The number of amides is 1. The molecule has 2 aromatic heterocycles. The van der Waals surface area contributed by atoms with Crippen LogP contribution in [0, 0.1) is 5.92 Å². The first-order valence-corrected chi connectivity index (χ1v) is 10.7. The van der Waals surface area contributed by atoms with Crippen LogP contribution < -0.4 is 0 Å². The van der Waals surface area contributed by atoms with Crippen LogP contribution in [0.25, 0.3) is 11.1 Å². The monoisotopic (exact) mass is 412 g/mol. The van der Waals surface area contributed by atoms with Gasteiger partial charge in [0.15, 0.2) is 0 Å². The van der Waals surface area contributed by atoms with Crippen LogP contribution in [0.3, 0.4) is 0 Å². The summed E-state index contributed by atoms with van der Waals surface area (Å²) in [6.45, 7) is 7.56. The Bertz CT molecular complexity index is 989. The molecule has 1 saturated heterocycles. The molecule has 5 nitrogen and oxygen atoms in total. The molecular formula is C26H28N4O. The number of aromatic nitrogens is 2. The van der Waals surface area contributed by atoms with Crippen molar-refractivity contribution >= 4 is 5.91 Å². The van der Waals surface area contributed by atoms with E-state index in [2.05, 4.69) is 51.8 Å². The Balaban J connectivity index is 1.50. The maximum Gasteiger partial charge on any atom is 0.227 e. The highest BCUT2D eigenvalue weighted by Gasteiger charge is 2.30. The zero-order valence-electron chi connectivity index (χ0n) is 17.7. The van der Waals surface area contributed by atoms with Gasteiger partial charge in [-0.25, -0.2) is 0 Å². The Morgan fingerprint density at radius 2 is 1.71 bits per heavy atom. The molecule has 1 fully saturated rings. The molecule has 0 spiro atoms. The van der Waals surface area contributed by atoms with Crippen LogP contribution in [-0.4, -0.2) is 51.9 Å². The number of hydrogen-bond donors (Lipinski definition) is 0. The lowest BCUT2D eigenvalue weighted by atomic mass is 9.95. The third kappa shape index (κ3) is 5.44. The van der Waals surface area contributed by atoms with Crippen molar-refractivity contribution in [1.29, 1.82) is 0 Å². The Labute approximate surface area is 184 Å². The molecule has 31 heavy (non-hydrogen) atoms. The van der Waals surface area contributed by atoms with Crippen LogP contribution in [0.4, 0.5) is 0 Å². The zero-order chi connectivity index (χ0) is 21.5. The molecule has 1 atom stereocenters. The summed E-state index contributed by atoms with van der Waals surface area (Å²) >= 11 is 0. The molecule has 1 aromatic carbocycles. The Morgan fingerprint density at radius 3 is 2.42 bits per heavy atom. The van der Waals surface area contributed by atoms with Crippen molar-refractivity contribution < 1.29 is 4.79 Å². The first-order valence-electron chi connectivity index (χ1n) is 10.7. The highest BCUT2D eigenvalue weighted by Crippen LogP contribution is 2.22. The van der Waals surface area contributed by atoms with Crippen molar-refractivity contribution in [3.05, 3.63) is 97.1 Å². The van der Waals surface area contributed by atoms with E-state index in [1.54, 1.807) is 18.6 Å². The molecule has 0 aliphatic carbocycles. The van der Waals surface area contributed by atoms with E-state index in [1.807, 2.05) is 35.4 Å². The molecule has 0 saturated carbocycles. The standard InChI is InChI=1S/C26H28N4O/c1-2-14-30-16-15-29(19-22-4-3-11-28-18-22)20-25(26(30)31)17-21-5-7-23(8-6-21)24-9-12-27-13-10-24/h2-13,18,25H,1,14-17,19-20H2/t25-/m0/s1. The van der Waals surface area contributed by atoms with Crippen molar-refractivity contribution in [2.24, 2.45) is 5.92 Å². The van der Waals surface area contributed by atoms with E-state index in [9.17, 15) is 4.79 Å². The van der Waals surface area contributed by atoms with Gasteiger partial charge in [0.25, 0.3) is 0 Å². The highest BCUT2D eigenvalue weighted by atomic mass is 16.2. The first-order chi connectivity index (χ1) is 15.2. The van der Waals surface area contributed by atoms with Crippen molar-refractivity contribution in [2.45, 2.75) is 13.0 Å². The van der Waals surface area contributed by atoms with Crippen LogP contribution in [0.2, 0.25) is 0 Å². The second kappa shape index (κ2) is 10.1. The summed E-state index contributed by atoms with van der Waals surface area (Å²) in [6.07, 6.45) is 9.85. The minimum absolute atomic E-state index is 0.0779. The summed E-state index contributed by atoms with van der Waals surface area (Å²) < 4.78 is 0. The Hall–Kier alpha value is -3.31. The number of hydrogen-bond acceptors (Lipinski definition) is 4. The molecule has 3 aromatic rings. The number of pyridine rings is 2. The van der Waals surface area contributed by atoms with Crippen molar-refractivity contribution in [3.8, 4) is 11.1 Å². The van der Waals surface area contributed by atoms with E-state index >= 15 is 0 Å². The summed E-state index contributed by atoms with van der Waals surface area (Å²) in [7, 11) is 0. The van der Waals surface area contributed by atoms with Gasteiger partial charge in [-0.1, -0.05) is 36.4 Å². The number of benzene rings is 1. The molecule has 0 radical (unpaired) electrons. The van der Waals surface area contributed by atoms with Gasteiger partial charge in [0.1, 0.15) is 0 Å². The van der Waals surface area contributed by atoms with E-state index < -0.39 is 0 Å². The van der Waals surface area contributed by atoms with Crippen molar-refractivity contribution in [2.75, 3.05) is 26.2 Å². The van der Waals surface area contributed by atoms with Gasteiger partial charge in [-0.3, -0.25) is 19.7 Å². The highest BCUT2D eigenvalue weighted by molar-refractivity contribution is 5.80. The smallest absolute Gasteiger partial charge is 0.227 e. The average molecular weight is 413 g/mol. The van der Waals surface area contributed by atoms with Gasteiger partial charge in [0.05, 0.1) is 5.92 Å². The van der Waals surface area contributed by atoms with E-state index in [1.165, 1.54) is 11.1 Å². The lowest BCUT2D eigenvalue weighted by Gasteiger charge is -2.23. The third-order valence-corrected chi connectivity index (χ3v) is 5.75. The van der Waals surface area contributed by atoms with E-state index in [0.29, 0.717) is 6.54 Å². The second-order valence-corrected chi connectivity index (χ2v) is 8.00. The SMILES string of the molecule is C=CCN1CCN(Cc2cccnc2)C[C@H](Cc2ccc(-c3ccncc3)cc2)C1=O. The summed E-state index contributed by atoms with van der Waals surface area (Å²) in [5.41, 5.74) is 4.65. The summed E-state index contributed by atoms with van der Waals surface area (Å²) in [6, 6.07) is 16.6. The molecule has 0 bridgehead atoms. The van der Waals surface area contributed by atoms with Crippen molar-refractivity contribution in [3.63, 3.8) is 0 Å². The number of rotatable bonds is 7. The minimum Gasteiger partial charge on any atom is -0.337 e. The second-order valence-electron chi connectivity index (χ2n) is 8.00. The molecule has 1 amide bonds. The minimum atomic E-state index is -0.0779. The van der Waals surface area contributed by atoms with Crippen LogP contribution in [0.5, 0.6) is 0 Å². The van der Waals surface area contributed by atoms with E-state index in [-0.39, 0.29) is 11.8 Å². The maximum absolute atomic E-state index is 13.3. The van der Waals surface area contributed by atoms with Gasteiger partial charge in [-0.2, -0.15) is 0 Å². The first kappa shape index (κ1) is 20.9. The topological polar surface area (TPSA) is 49.3 Å². The fraction of sp³-hybridized carbons (Fsp3) is 0.269. The van der Waals surface area contributed by atoms with Gasteiger partial charge in [-0.15, -0.1) is 6.58 Å². The zero-order valence-corrected chi connectivity index (χ0v) is 17.7. The van der Waals surface area contributed by atoms with Gasteiger partial charge in [0.2, 0.25) is 5.91 Å². The molecular weight excluding hydrogens is 384 g/mol. The molecule has 5 heteroatoms. The predicted octanol–water partition coefficient (Wildman–Crippen LogP) is 3.83. The third-order valence-electron chi connectivity index (χ3n) is 5.75. The van der Waals surface area contributed by atoms with E-state index in [4.69, 9.17) is 0 Å². The van der Waals surface area contributed by atoms with Gasteiger partial charge in [0, 0.05) is 57.5 Å². The van der Waals surface area contributed by atoms with Crippen LogP contribution in [0.15, 0.2) is 86.0 Å². The summed E-state index contributed by atoms with van der Waals surface area (Å²) in [5.74, 6) is 0.137. The number of nitrogens with zero attached hydrogens (tertiary/aromatic N) is 4. The number of carbonyl (C=O) groups excluding carboxylic acids is 1. The van der Waals surface area contributed by atoms with E-state index in [0.717, 1.165) is 43.7 Å². The fourth-order valence-electron chi connectivity index (χ4n) is 4.16. The molecule has 0 N–H and O–H groups in total. The molecule has 1 aliphatic heterocycles. The van der Waals surface area contributed by atoms with Crippen LogP contribution in [0.1, 0.15) is 11.1 Å². The van der Waals surface area contributed by atoms with Crippen LogP contribution >= 0.6 is 0 Å². The molecule has 158 valence electrons. The Kier molecular flexibility index (Phi) is 6.85. The normalized spacial score (nSPS) is 17.4. The van der Waals surface area contributed by atoms with Gasteiger partial charge < -0.3 is 4.90 Å². The quantitative estimate of drug-likeness (QED) is 0.554. The van der Waals surface area contributed by atoms with Gasteiger partial charge >= 0.3 is 0 Å². The molecule has 1 aliphatic rings. The molecule has 0 unspecified atom stereocenters. The lowest BCUT2D eigenvalue weighted by Crippen LogP contribution is -2.37. The lowest BCUT2D eigenvalue weighted by molar-refractivity contribution is -0.134. The van der Waals surface area contributed by atoms with Crippen molar-refractivity contribution in [1.82, 2.24) is 19.8 Å². The maximum atomic E-state index is 13.3. The largest absolute Gasteiger partial charge is 0.337 e. The number of carbonyl (C=O) groups is 1. The fourth-order valence-corrected chi connectivity index (χ4v) is 4.16.